The third kappa shape index (κ3) is 1.97. The first kappa shape index (κ1) is 13.2. The Morgan fingerprint density at radius 1 is 0.833 bits per heavy atom. The Kier molecular flexibility index (Phi) is 2.67. The smallest absolute Gasteiger partial charge is 0.246 e. The van der Waals surface area contributed by atoms with Gasteiger partial charge in [-0.1, -0.05) is 30.3 Å². The molecule has 4 heteroatoms. The van der Waals surface area contributed by atoms with Crippen LogP contribution >= 0.6 is 0 Å². The number of oxazole rings is 1. The quantitative estimate of drug-likeness (QED) is 0.413. The summed E-state index contributed by atoms with van der Waals surface area (Å²) >= 11 is 0. The van der Waals surface area contributed by atoms with Crippen LogP contribution in [0, 0.1) is 6.92 Å². The van der Waals surface area contributed by atoms with Crippen molar-refractivity contribution in [3.8, 4) is 11.6 Å². The summed E-state index contributed by atoms with van der Waals surface area (Å²) in [5.74, 6) is 0.533. The summed E-state index contributed by atoms with van der Waals surface area (Å²) in [4.78, 5) is 13.8. The molecule has 0 spiro atoms. The molecule has 24 heavy (non-hydrogen) atoms. The minimum atomic E-state index is 0.533. The van der Waals surface area contributed by atoms with Crippen LogP contribution in [0.3, 0.4) is 0 Å². The molecule has 0 radical (unpaired) electrons. The minimum absolute atomic E-state index is 0.533. The minimum Gasteiger partial charge on any atom is -0.435 e. The lowest BCUT2D eigenvalue weighted by Crippen LogP contribution is -1.88. The molecule has 0 aliphatic carbocycles. The number of rotatable bonds is 1. The largest absolute Gasteiger partial charge is 0.435 e. The number of benzene rings is 2. The Hall–Kier alpha value is -3.27. The molecule has 0 fully saturated rings. The Labute approximate surface area is 137 Å². The molecule has 0 bridgehead atoms. The van der Waals surface area contributed by atoms with Gasteiger partial charge in [0.1, 0.15) is 11.2 Å². The van der Waals surface area contributed by atoms with Crippen LogP contribution in [0.1, 0.15) is 5.56 Å². The Bertz CT molecular complexity index is 1220. The molecule has 0 amide bonds. The van der Waals surface area contributed by atoms with Crippen LogP contribution in [-0.2, 0) is 0 Å². The van der Waals surface area contributed by atoms with E-state index in [9.17, 15) is 0 Å². The second-order valence-electron chi connectivity index (χ2n) is 5.90. The average molecular weight is 311 g/mol. The van der Waals surface area contributed by atoms with Gasteiger partial charge in [-0.05, 0) is 36.8 Å². The number of hydrogen-bond donors (Lipinski definition) is 0. The van der Waals surface area contributed by atoms with Gasteiger partial charge in [0.05, 0.1) is 11.0 Å². The number of nitrogens with zero attached hydrogens (tertiary/aromatic N) is 3. The first-order chi connectivity index (χ1) is 11.8. The van der Waals surface area contributed by atoms with Gasteiger partial charge in [-0.15, -0.1) is 0 Å². The molecular formula is C20H13N3O. The number of pyridine rings is 2. The maximum absolute atomic E-state index is 5.88. The van der Waals surface area contributed by atoms with Crippen molar-refractivity contribution in [1.82, 2.24) is 15.0 Å². The Morgan fingerprint density at radius 3 is 2.58 bits per heavy atom. The summed E-state index contributed by atoms with van der Waals surface area (Å²) in [5.41, 5.74) is 5.25. The molecule has 0 saturated carbocycles. The third-order valence-electron chi connectivity index (χ3n) is 4.19. The van der Waals surface area contributed by atoms with E-state index >= 15 is 0 Å². The molecule has 0 unspecified atom stereocenters. The number of aromatic nitrogens is 3. The van der Waals surface area contributed by atoms with Crippen molar-refractivity contribution in [3.63, 3.8) is 0 Å². The van der Waals surface area contributed by atoms with Gasteiger partial charge in [0.15, 0.2) is 5.58 Å². The van der Waals surface area contributed by atoms with Crippen LogP contribution < -0.4 is 0 Å². The van der Waals surface area contributed by atoms with Crippen LogP contribution in [-0.4, -0.2) is 15.0 Å². The SMILES string of the molecule is Cc1ccc2oc(-c3ccc4ccc5cccnc5c4n3)nc2c1. The fraction of sp³-hybridized carbons (Fsp3) is 0.0500. The van der Waals surface area contributed by atoms with Crippen LogP contribution in [0.25, 0.3) is 44.5 Å². The summed E-state index contributed by atoms with van der Waals surface area (Å²) in [6.07, 6.45) is 1.79. The lowest BCUT2D eigenvalue weighted by atomic mass is 10.1. The Balaban J connectivity index is 1.77. The molecule has 0 aliphatic rings. The summed E-state index contributed by atoms with van der Waals surface area (Å²) < 4.78 is 5.88. The van der Waals surface area contributed by atoms with E-state index in [1.165, 1.54) is 0 Å². The number of fused-ring (bicyclic) bond motifs is 4. The van der Waals surface area contributed by atoms with Gasteiger partial charge in [0.2, 0.25) is 5.89 Å². The van der Waals surface area contributed by atoms with Crippen molar-refractivity contribution in [2.24, 2.45) is 0 Å². The zero-order valence-corrected chi connectivity index (χ0v) is 13.0. The molecule has 0 N–H and O–H groups in total. The highest BCUT2D eigenvalue weighted by molar-refractivity contribution is 6.03. The van der Waals surface area contributed by atoms with Gasteiger partial charge in [-0.2, -0.15) is 0 Å². The molecule has 0 atom stereocenters. The zero-order valence-electron chi connectivity index (χ0n) is 13.0. The van der Waals surface area contributed by atoms with Crippen molar-refractivity contribution >= 4 is 32.9 Å². The van der Waals surface area contributed by atoms with Gasteiger partial charge in [-0.25, -0.2) is 9.97 Å². The lowest BCUT2D eigenvalue weighted by molar-refractivity contribution is 0.617. The Morgan fingerprint density at radius 2 is 1.67 bits per heavy atom. The van der Waals surface area contributed by atoms with Gasteiger partial charge in [0.25, 0.3) is 0 Å². The summed E-state index contributed by atoms with van der Waals surface area (Å²) in [5, 5.41) is 2.12. The van der Waals surface area contributed by atoms with Gasteiger partial charge >= 0.3 is 0 Å². The van der Waals surface area contributed by atoms with Crippen LogP contribution in [0.4, 0.5) is 0 Å². The first-order valence-electron chi connectivity index (χ1n) is 7.80. The maximum atomic E-state index is 5.88. The first-order valence-corrected chi connectivity index (χ1v) is 7.80. The van der Waals surface area contributed by atoms with E-state index in [0.717, 1.165) is 44.2 Å². The van der Waals surface area contributed by atoms with Crippen molar-refractivity contribution in [1.29, 1.82) is 0 Å². The summed E-state index contributed by atoms with van der Waals surface area (Å²) in [7, 11) is 0. The fourth-order valence-corrected chi connectivity index (χ4v) is 2.99. The summed E-state index contributed by atoms with van der Waals surface area (Å²) in [6.45, 7) is 2.04. The molecule has 5 rings (SSSR count). The molecule has 0 saturated heterocycles. The van der Waals surface area contributed by atoms with Crippen molar-refractivity contribution in [2.45, 2.75) is 6.92 Å². The fourth-order valence-electron chi connectivity index (χ4n) is 2.99. The second-order valence-corrected chi connectivity index (χ2v) is 5.90. The number of hydrogen-bond acceptors (Lipinski definition) is 4. The molecule has 0 aliphatic heterocycles. The van der Waals surface area contributed by atoms with Crippen molar-refractivity contribution in [2.75, 3.05) is 0 Å². The molecular weight excluding hydrogens is 298 g/mol. The third-order valence-corrected chi connectivity index (χ3v) is 4.19. The molecule has 5 aromatic rings. The number of aryl methyl sites for hydroxylation is 1. The topological polar surface area (TPSA) is 51.8 Å². The van der Waals surface area contributed by atoms with Crippen LogP contribution in [0.5, 0.6) is 0 Å². The van der Waals surface area contributed by atoms with Gasteiger partial charge in [0, 0.05) is 17.0 Å². The lowest BCUT2D eigenvalue weighted by Gasteiger charge is -2.03. The van der Waals surface area contributed by atoms with E-state index in [2.05, 4.69) is 22.1 Å². The van der Waals surface area contributed by atoms with Crippen LogP contribution in [0.15, 0.2) is 65.2 Å². The van der Waals surface area contributed by atoms with Gasteiger partial charge < -0.3 is 4.42 Å². The highest BCUT2D eigenvalue weighted by Gasteiger charge is 2.11. The van der Waals surface area contributed by atoms with E-state index in [1.807, 2.05) is 49.4 Å². The average Bonchev–Trinajstić information content (AvgIpc) is 3.04. The molecule has 3 heterocycles. The van der Waals surface area contributed by atoms with E-state index in [0.29, 0.717) is 5.89 Å². The van der Waals surface area contributed by atoms with Crippen LogP contribution in [0.2, 0.25) is 0 Å². The second kappa shape index (κ2) is 4.86. The highest BCUT2D eigenvalue weighted by Crippen LogP contribution is 2.27. The molecule has 114 valence electrons. The van der Waals surface area contributed by atoms with E-state index < -0.39 is 0 Å². The summed E-state index contributed by atoms with van der Waals surface area (Å²) in [6, 6.07) is 18.0. The van der Waals surface area contributed by atoms with E-state index in [4.69, 9.17) is 9.40 Å². The normalized spacial score (nSPS) is 11.5. The predicted molar refractivity (Wildman–Crippen MR) is 94.8 cm³/mol. The molecule has 2 aromatic carbocycles. The highest BCUT2D eigenvalue weighted by atomic mass is 16.3. The van der Waals surface area contributed by atoms with E-state index in [-0.39, 0.29) is 0 Å². The zero-order chi connectivity index (χ0) is 16.1. The van der Waals surface area contributed by atoms with Gasteiger partial charge in [-0.3, -0.25) is 4.98 Å². The van der Waals surface area contributed by atoms with Crippen molar-refractivity contribution in [3.05, 3.63) is 66.4 Å². The maximum Gasteiger partial charge on any atom is 0.246 e. The molecule has 3 aromatic heterocycles. The molecule has 4 nitrogen and oxygen atoms in total. The van der Waals surface area contributed by atoms with Crippen molar-refractivity contribution < 1.29 is 4.42 Å². The van der Waals surface area contributed by atoms with E-state index in [1.54, 1.807) is 6.20 Å². The monoisotopic (exact) mass is 311 g/mol. The predicted octanol–water partition coefficient (Wildman–Crippen LogP) is 4.90. The standard InChI is InChI=1S/C20H13N3O/c1-12-4-9-17-16(11-12)23-20(24-17)15-8-7-14-6-5-13-3-2-10-21-18(13)19(14)22-15/h2-11H,1H3.